The van der Waals surface area contributed by atoms with Crippen LogP contribution in [0.4, 0.5) is 5.69 Å². The molecule has 0 amide bonds. The van der Waals surface area contributed by atoms with Crippen molar-refractivity contribution in [1.82, 2.24) is 4.98 Å². The highest BCUT2D eigenvalue weighted by molar-refractivity contribution is 5.91. The summed E-state index contributed by atoms with van der Waals surface area (Å²) in [5.41, 5.74) is 0.205. The van der Waals surface area contributed by atoms with Crippen molar-refractivity contribution in [3.8, 4) is 5.75 Å². The van der Waals surface area contributed by atoms with E-state index in [0.29, 0.717) is 11.1 Å². The van der Waals surface area contributed by atoms with Gasteiger partial charge in [-0.05, 0) is 18.2 Å². The number of hydrogen-bond acceptors (Lipinski definition) is 5. The maximum Gasteiger partial charge on any atom is 0.295 e. The van der Waals surface area contributed by atoms with Gasteiger partial charge in [0.2, 0.25) is 0 Å². The van der Waals surface area contributed by atoms with Gasteiger partial charge in [0.05, 0.1) is 10.3 Å². The van der Waals surface area contributed by atoms with Crippen LogP contribution in [0.1, 0.15) is 0 Å². The van der Waals surface area contributed by atoms with Crippen LogP contribution < -0.4 is 10.7 Å². The minimum Gasteiger partial charge on any atom is -0.411 e. The number of hydrogen-bond donors (Lipinski definition) is 1. The van der Waals surface area contributed by atoms with Crippen LogP contribution >= 0.6 is 0 Å². The van der Waals surface area contributed by atoms with Gasteiger partial charge in [-0.3, -0.25) is 10.1 Å². The Labute approximate surface area is 84.4 Å². The van der Waals surface area contributed by atoms with E-state index in [9.17, 15) is 10.1 Å². The van der Waals surface area contributed by atoms with Crippen LogP contribution in [0.3, 0.4) is 0 Å². The van der Waals surface area contributed by atoms with Gasteiger partial charge in [0.1, 0.15) is 0 Å². The molecule has 0 bridgehead atoms. The van der Waals surface area contributed by atoms with Gasteiger partial charge in [-0.15, -0.1) is 0 Å². The number of benzene rings is 1. The number of nitrogens with zero attached hydrogens (tertiary/aromatic N) is 2. The quantitative estimate of drug-likeness (QED) is 0.590. The lowest BCUT2D eigenvalue weighted by atomic mass is 10.2. The van der Waals surface area contributed by atoms with Crippen molar-refractivity contribution in [1.29, 1.82) is 0 Å². The zero-order chi connectivity index (χ0) is 10.8. The molecule has 2 rings (SSSR count). The molecule has 0 saturated heterocycles. The van der Waals surface area contributed by atoms with E-state index in [1.807, 2.05) is 0 Å². The average Bonchev–Trinajstić information content (AvgIpc) is 2.27. The Morgan fingerprint density at radius 2 is 2.20 bits per heavy atom. The fraction of sp³-hybridized carbons (Fsp3) is 0. The Kier molecular flexibility index (Phi) is 2.18. The predicted molar refractivity (Wildman–Crippen MR) is 53.2 cm³/mol. The fourth-order valence-corrected chi connectivity index (χ4v) is 1.38. The molecule has 15 heavy (non-hydrogen) atoms. The van der Waals surface area contributed by atoms with Crippen molar-refractivity contribution in [3.05, 3.63) is 40.6 Å². The summed E-state index contributed by atoms with van der Waals surface area (Å²) in [6.07, 6.45) is 1.48. The second kappa shape index (κ2) is 3.50. The fourth-order valence-electron chi connectivity index (χ4n) is 1.38. The van der Waals surface area contributed by atoms with Gasteiger partial charge in [0.25, 0.3) is 5.69 Å². The van der Waals surface area contributed by atoms with E-state index >= 15 is 0 Å². The average molecular weight is 205 g/mol. The van der Waals surface area contributed by atoms with E-state index < -0.39 is 4.92 Å². The Hall–Kier alpha value is -2.21. The van der Waals surface area contributed by atoms with E-state index in [1.54, 1.807) is 12.1 Å². The third kappa shape index (κ3) is 1.46. The van der Waals surface area contributed by atoms with Gasteiger partial charge in [-0.2, -0.15) is 5.90 Å². The topological polar surface area (TPSA) is 91.3 Å². The van der Waals surface area contributed by atoms with Crippen LogP contribution in [0.15, 0.2) is 30.5 Å². The third-order valence-corrected chi connectivity index (χ3v) is 2.03. The zero-order valence-electron chi connectivity index (χ0n) is 7.58. The van der Waals surface area contributed by atoms with Crippen LogP contribution in [-0.2, 0) is 0 Å². The monoisotopic (exact) mass is 205 g/mol. The van der Waals surface area contributed by atoms with Crippen molar-refractivity contribution < 1.29 is 9.76 Å². The molecule has 6 nitrogen and oxygen atoms in total. The van der Waals surface area contributed by atoms with Gasteiger partial charge < -0.3 is 4.84 Å². The SMILES string of the molecule is NOc1ccc([N+](=O)[O-])c2ncccc12. The molecule has 76 valence electrons. The maximum absolute atomic E-state index is 10.7. The standard InChI is InChI=1S/C9H7N3O3/c10-15-8-4-3-7(12(13)14)9-6(8)2-1-5-11-9/h1-5H,10H2. The lowest BCUT2D eigenvalue weighted by molar-refractivity contribution is -0.383. The molecule has 0 spiro atoms. The normalized spacial score (nSPS) is 10.2. The van der Waals surface area contributed by atoms with Crippen LogP contribution in [0.25, 0.3) is 10.9 Å². The van der Waals surface area contributed by atoms with Gasteiger partial charge >= 0.3 is 0 Å². The van der Waals surface area contributed by atoms with E-state index in [-0.39, 0.29) is 11.2 Å². The summed E-state index contributed by atoms with van der Waals surface area (Å²) in [4.78, 5) is 18.8. The van der Waals surface area contributed by atoms with E-state index in [2.05, 4.69) is 9.82 Å². The minimum absolute atomic E-state index is 0.0635. The summed E-state index contributed by atoms with van der Waals surface area (Å²) in [6, 6.07) is 6.09. The molecule has 0 atom stereocenters. The lowest BCUT2D eigenvalue weighted by Gasteiger charge is -2.03. The first-order valence-corrected chi connectivity index (χ1v) is 4.13. The summed E-state index contributed by atoms with van der Waals surface area (Å²) >= 11 is 0. The molecule has 6 heteroatoms. The van der Waals surface area contributed by atoms with Crippen LogP contribution in [0.2, 0.25) is 0 Å². The first-order valence-electron chi connectivity index (χ1n) is 4.13. The molecule has 0 unspecified atom stereocenters. The van der Waals surface area contributed by atoms with Crippen molar-refractivity contribution >= 4 is 16.6 Å². The summed E-state index contributed by atoms with van der Waals surface area (Å²) in [6.45, 7) is 0. The van der Waals surface area contributed by atoms with E-state index in [1.165, 1.54) is 18.3 Å². The van der Waals surface area contributed by atoms with E-state index in [0.717, 1.165) is 0 Å². The Morgan fingerprint density at radius 1 is 1.40 bits per heavy atom. The summed E-state index contributed by atoms with van der Waals surface area (Å²) in [5, 5.41) is 11.2. The van der Waals surface area contributed by atoms with Crippen molar-refractivity contribution in [2.75, 3.05) is 0 Å². The Bertz CT molecular complexity index is 527. The second-order valence-corrected chi connectivity index (χ2v) is 2.86. The first-order chi connectivity index (χ1) is 7.24. The van der Waals surface area contributed by atoms with Gasteiger partial charge in [-0.25, -0.2) is 4.98 Å². The molecule has 0 aliphatic rings. The Morgan fingerprint density at radius 3 is 2.87 bits per heavy atom. The van der Waals surface area contributed by atoms with Gasteiger partial charge in [-0.1, -0.05) is 0 Å². The molecule has 2 N–H and O–H groups in total. The van der Waals surface area contributed by atoms with Crippen molar-refractivity contribution in [3.63, 3.8) is 0 Å². The molecule has 0 radical (unpaired) electrons. The van der Waals surface area contributed by atoms with E-state index in [4.69, 9.17) is 5.90 Å². The van der Waals surface area contributed by atoms with Crippen LogP contribution in [0.5, 0.6) is 5.75 Å². The summed E-state index contributed by atoms with van der Waals surface area (Å²) < 4.78 is 0. The number of fused-ring (bicyclic) bond motifs is 1. The smallest absolute Gasteiger partial charge is 0.295 e. The van der Waals surface area contributed by atoms with Crippen LogP contribution in [0, 0.1) is 10.1 Å². The van der Waals surface area contributed by atoms with Gasteiger partial charge in [0, 0.05) is 12.3 Å². The molecule has 0 aliphatic heterocycles. The highest BCUT2D eigenvalue weighted by atomic mass is 16.6. The molecule has 0 fully saturated rings. The molecule has 0 aliphatic carbocycles. The molecule has 0 saturated carbocycles. The Balaban J connectivity index is 2.83. The highest BCUT2D eigenvalue weighted by Gasteiger charge is 2.15. The third-order valence-electron chi connectivity index (χ3n) is 2.03. The second-order valence-electron chi connectivity index (χ2n) is 2.86. The van der Waals surface area contributed by atoms with Crippen LogP contribution in [-0.4, -0.2) is 9.91 Å². The molecule has 1 heterocycles. The van der Waals surface area contributed by atoms with Crippen molar-refractivity contribution in [2.45, 2.75) is 0 Å². The number of nitrogens with two attached hydrogens (primary N) is 1. The predicted octanol–water partition coefficient (Wildman–Crippen LogP) is 1.40. The number of non-ortho nitro benzene ring substituents is 1. The maximum atomic E-state index is 10.7. The number of nitro benzene ring substituents is 1. The van der Waals surface area contributed by atoms with Gasteiger partial charge in [0.15, 0.2) is 11.3 Å². The molecule has 1 aromatic carbocycles. The molecule has 2 aromatic rings. The molecular formula is C9H7N3O3. The van der Waals surface area contributed by atoms with Crippen molar-refractivity contribution in [2.24, 2.45) is 5.90 Å². The zero-order valence-corrected chi connectivity index (χ0v) is 7.58. The summed E-state index contributed by atoms with van der Waals surface area (Å²) in [5.74, 6) is 5.41. The number of rotatable bonds is 2. The molecular weight excluding hydrogens is 198 g/mol. The number of pyridine rings is 1. The number of aromatic nitrogens is 1. The largest absolute Gasteiger partial charge is 0.411 e. The number of nitro groups is 1. The highest BCUT2D eigenvalue weighted by Crippen LogP contribution is 2.30. The lowest BCUT2D eigenvalue weighted by Crippen LogP contribution is -2.03. The minimum atomic E-state index is -0.490. The molecule has 1 aromatic heterocycles. The summed E-state index contributed by atoms with van der Waals surface area (Å²) in [7, 11) is 0. The first kappa shape index (κ1) is 9.35.